The van der Waals surface area contributed by atoms with Crippen molar-refractivity contribution < 1.29 is 8.78 Å². The normalized spacial score (nSPS) is 10.2. The molecule has 1 unspecified atom stereocenters. The highest BCUT2D eigenvalue weighted by Gasteiger charge is 2.00. The van der Waals surface area contributed by atoms with Gasteiger partial charge in [-0.3, -0.25) is 0 Å². The zero-order valence-electron chi connectivity index (χ0n) is 8.02. The first-order chi connectivity index (χ1) is 7.67. The summed E-state index contributed by atoms with van der Waals surface area (Å²) in [5.41, 5.74) is 1.94. The fourth-order valence-corrected chi connectivity index (χ4v) is 2.26. The van der Waals surface area contributed by atoms with E-state index in [4.69, 9.17) is 5.41 Å². The van der Waals surface area contributed by atoms with Crippen molar-refractivity contribution >= 4 is 40.3 Å². The second kappa shape index (κ2) is 6.77. The van der Waals surface area contributed by atoms with Crippen molar-refractivity contribution in [2.75, 3.05) is 5.09 Å². The average Bonchev–Trinajstić information content (AvgIpc) is 2.28. The maximum absolute atomic E-state index is 11.9. The lowest BCUT2D eigenvalue weighted by Crippen LogP contribution is -1.91. The Labute approximate surface area is 107 Å². The summed E-state index contributed by atoms with van der Waals surface area (Å²) in [6.45, 7) is 0. The van der Waals surface area contributed by atoms with Crippen LogP contribution in [0.25, 0.3) is 0 Å². The Kier molecular flexibility index (Phi) is 5.64. The zero-order valence-corrected chi connectivity index (χ0v) is 11.2. The van der Waals surface area contributed by atoms with Crippen LogP contribution in [0, 0.1) is 17.3 Å². The molecule has 1 atom stereocenters. The second-order valence-corrected chi connectivity index (χ2v) is 4.79. The molecule has 16 heavy (non-hydrogen) atoms. The van der Waals surface area contributed by atoms with Crippen LogP contribution >= 0.6 is 28.4 Å². The van der Waals surface area contributed by atoms with Gasteiger partial charge in [0.25, 0.3) is 6.43 Å². The Morgan fingerprint density at radius 2 is 2.25 bits per heavy atom. The molecule has 1 rings (SSSR count). The van der Waals surface area contributed by atoms with Crippen LogP contribution in [0.5, 0.6) is 0 Å². The lowest BCUT2D eigenvalue weighted by atomic mass is 10.1. The molecule has 1 aromatic rings. The molecular formula is C10H8F2IN2P. The summed E-state index contributed by atoms with van der Waals surface area (Å²) >= 11 is 2.17. The molecule has 0 aliphatic rings. The smallest absolute Gasteiger partial charge is 0.299 e. The molecular weight excluding hydrogens is 344 g/mol. The van der Waals surface area contributed by atoms with Crippen molar-refractivity contribution in [1.82, 2.24) is 0 Å². The van der Waals surface area contributed by atoms with Crippen LogP contribution in [0.4, 0.5) is 14.5 Å². The van der Waals surface area contributed by atoms with Gasteiger partial charge in [-0.05, 0) is 46.2 Å². The summed E-state index contributed by atoms with van der Waals surface area (Å²) < 4.78 is 23.7. The van der Waals surface area contributed by atoms with E-state index < -0.39 is 6.43 Å². The average molecular weight is 352 g/mol. The van der Waals surface area contributed by atoms with Crippen molar-refractivity contribution in [1.29, 1.82) is 5.41 Å². The van der Waals surface area contributed by atoms with Crippen LogP contribution < -0.4 is 5.09 Å². The van der Waals surface area contributed by atoms with Gasteiger partial charge in [-0.25, -0.2) is 0 Å². The minimum Gasteiger partial charge on any atom is -0.358 e. The van der Waals surface area contributed by atoms with Crippen LogP contribution in [0.3, 0.4) is 0 Å². The van der Waals surface area contributed by atoms with Crippen LogP contribution in [0.1, 0.15) is 11.1 Å². The molecule has 1 aromatic carbocycles. The first-order valence-corrected chi connectivity index (χ1v) is 8.34. The minimum absolute atomic E-state index is 0.487. The number of hydrogen-bond acceptors (Lipinski definition) is 2. The molecule has 0 fully saturated rings. The molecule has 0 heterocycles. The quantitative estimate of drug-likeness (QED) is 0.370. The third kappa shape index (κ3) is 4.03. The van der Waals surface area contributed by atoms with Crippen LogP contribution in [0.2, 0.25) is 0 Å². The van der Waals surface area contributed by atoms with E-state index in [0.717, 1.165) is 5.69 Å². The molecule has 0 saturated carbocycles. The molecule has 2 nitrogen and oxygen atoms in total. The van der Waals surface area contributed by atoms with E-state index in [0.29, 0.717) is 17.5 Å². The first-order valence-electron chi connectivity index (χ1n) is 4.23. The van der Waals surface area contributed by atoms with Crippen LogP contribution in [-0.4, -0.2) is 12.6 Å². The van der Waals surface area contributed by atoms with E-state index in [2.05, 4.69) is 33.0 Å². The number of rotatable bonds is 3. The van der Waals surface area contributed by atoms with E-state index in [1.165, 1.54) is 6.21 Å². The SMILES string of the molecule is N=Cc1cc(C#CC(F)F)ccc1NPI. The van der Waals surface area contributed by atoms with Gasteiger partial charge in [0.15, 0.2) is 0 Å². The van der Waals surface area contributed by atoms with Crippen molar-refractivity contribution in [3.8, 4) is 11.8 Å². The second-order valence-electron chi connectivity index (χ2n) is 2.74. The number of halogens is 3. The van der Waals surface area contributed by atoms with E-state index in [9.17, 15) is 8.78 Å². The minimum atomic E-state index is -2.63. The zero-order chi connectivity index (χ0) is 12.0. The number of hydrogen-bond donors (Lipinski definition) is 2. The van der Waals surface area contributed by atoms with Crippen molar-refractivity contribution in [3.63, 3.8) is 0 Å². The third-order valence-corrected chi connectivity index (χ3v) is 2.89. The summed E-state index contributed by atoms with van der Waals surface area (Å²) in [5.74, 6) is 4.14. The van der Waals surface area contributed by atoms with Crippen LogP contribution in [0.15, 0.2) is 18.2 Å². The summed E-state index contributed by atoms with van der Waals surface area (Å²) in [6, 6.07) is 5.00. The highest BCUT2D eigenvalue weighted by Crippen LogP contribution is 2.26. The van der Waals surface area contributed by atoms with E-state index in [1.54, 1.807) is 24.1 Å². The van der Waals surface area contributed by atoms with Crippen molar-refractivity contribution in [2.24, 2.45) is 0 Å². The number of nitrogens with one attached hydrogen (secondary N) is 2. The summed E-state index contributed by atoms with van der Waals surface area (Å²) in [7, 11) is 0. The highest BCUT2D eigenvalue weighted by molar-refractivity contribution is 14.2. The monoisotopic (exact) mass is 352 g/mol. The molecule has 0 amide bonds. The topological polar surface area (TPSA) is 35.9 Å². The van der Waals surface area contributed by atoms with Crippen LogP contribution in [-0.2, 0) is 0 Å². The maximum atomic E-state index is 11.9. The molecule has 0 radical (unpaired) electrons. The van der Waals surface area contributed by atoms with Gasteiger partial charge in [-0.2, -0.15) is 8.78 Å². The molecule has 6 heteroatoms. The van der Waals surface area contributed by atoms with Gasteiger partial charge in [0, 0.05) is 29.4 Å². The molecule has 0 aliphatic carbocycles. The number of alkyl halides is 2. The largest absolute Gasteiger partial charge is 0.358 e. The van der Waals surface area contributed by atoms with E-state index in [-0.39, 0.29) is 0 Å². The van der Waals surface area contributed by atoms with Crippen molar-refractivity contribution in [2.45, 2.75) is 6.43 Å². The predicted molar refractivity (Wildman–Crippen MR) is 73.2 cm³/mol. The van der Waals surface area contributed by atoms with E-state index >= 15 is 0 Å². The molecule has 0 saturated heterocycles. The summed E-state index contributed by atoms with van der Waals surface area (Å²) in [5, 5.41) is 10.3. The number of anilines is 1. The predicted octanol–water partition coefficient (Wildman–Crippen LogP) is 3.66. The lowest BCUT2D eigenvalue weighted by molar-refractivity contribution is 0.215. The lowest BCUT2D eigenvalue weighted by Gasteiger charge is -2.06. The number of benzene rings is 1. The Morgan fingerprint density at radius 1 is 1.50 bits per heavy atom. The molecule has 0 aromatic heterocycles. The first kappa shape index (κ1) is 13.3. The Balaban J connectivity index is 3.01. The fraction of sp³-hybridized carbons (Fsp3) is 0.100. The van der Waals surface area contributed by atoms with Gasteiger partial charge < -0.3 is 10.5 Å². The summed E-state index contributed by atoms with van der Waals surface area (Å²) in [6.07, 6.45) is -0.965. The van der Waals surface area contributed by atoms with Gasteiger partial charge >= 0.3 is 0 Å². The Bertz CT molecular complexity index is 440. The van der Waals surface area contributed by atoms with Gasteiger partial charge in [-0.15, -0.1) is 0 Å². The molecule has 84 valence electrons. The third-order valence-electron chi connectivity index (χ3n) is 1.71. The Morgan fingerprint density at radius 3 is 2.81 bits per heavy atom. The Hall–Kier alpha value is -0.730. The molecule has 0 spiro atoms. The van der Waals surface area contributed by atoms with Crippen molar-refractivity contribution in [3.05, 3.63) is 29.3 Å². The summed E-state index contributed by atoms with van der Waals surface area (Å²) in [4.78, 5) is 0. The van der Waals surface area contributed by atoms with Gasteiger partial charge in [-0.1, -0.05) is 5.92 Å². The van der Waals surface area contributed by atoms with Gasteiger partial charge in [0.05, 0.1) is 0 Å². The molecule has 0 aliphatic heterocycles. The fourth-order valence-electron chi connectivity index (χ4n) is 1.06. The molecule has 0 bridgehead atoms. The highest BCUT2D eigenvalue weighted by atomic mass is 127. The molecule has 2 N–H and O–H groups in total. The van der Waals surface area contributed by atoms with E-state index in [1.807, 2.05) is 0 Å². The van der Waals surface area contributed by atoms with Gasteiger partial charge in [0.2, 0.25) is 0 Å². The standard InChI is InChI=1S/C10H8F2IN2P/c11-10(12)4-2-7-1-3-9(15-16-13)8(5-7)6-14/h1,3,5-6,10,14-16H. The maximum Gasteiger partial charge on any atom is 0.299 e. The van der Waals surface area contributed by atoms with Gasteiger partial charge in [0.1, 0.15) is 0 Å².